The Morgan fingerprint density at radius 3 is 2.57 bits per heavy atom. The topological polar surface area (TPSA) is 88.5 Å². The molecule has 1 amide bonds. The van der Waals surface area contributed by atoms with E-state index in [9.17, 15) is 9.59 Å². The van der Waals surface area contributed by atoms with Crippen molar-refractivity contribution in [3.63, 3.8) is 0 Å². The summed E-state index contributed by atoms with van der Waals surface area (Å²) < 4.78 is 7.00. The van der Waals surface area contributed by atoms with Crippen molar-refractivity contribution in [1.82, 2.24) is 15.2 Å². The summed E-state index contributed by atoms with van der Waals surface area (Å²) in [6, 6.07) is 13.9. The van der Waals surface area contributed by atoms with Crippen molar-refractivity contribution in [2.75, 3.05) is 0 Å². The summed E-state index contributed by atoms with van der Waals surface area (Å²) in [6.07, 6.45) is -0.867. The summed E-state index contributed by atoms with van der Waals surface area (Å²) in [6.45, 7) is 4.98. The third kappa shape index (κ3) is 4.75. The Morgan fingerprint density at radius 1 is 1.20 bits per heavy atom. The van der Waals surface area contributed by atoms with E-state index < -0.39 is 12.0 Å². The SMILES string of the molecule is C/C(=N\NC(=O)[C@@H](C)Oc1ccc(Cl)cc1Cl)c1c(C)[nH]n(-c2ccccc2)c1=O. The van der Waals surface area contributed by atoms with Crippen molar-refractivity contribution in [2.45, 2.75) is 26.9 Å². The van der Waals surface area contributed by atoms with E-state index in [4.69, 9.17) is 27.9 Å². The fourth-order valence-electron chi connectivity index (χ4n) is 2.83. The molecule has 0 saturated carbocycles. The third-order valence-electron chi connectivity index (χ3n) is 4.35. The van der Waals surface area contributed by atoms with Gasteiger partial charge in [-0.25, -0.2) is 10.1 Å². The van der Waals surface area contributed by atoms with Crippen LogP contribution < -0.4 is 15.7 Å². The molecule has 0 aliphatic rings. The number of halogens is 2. The molecular weight excluding hydrogens is 427 g/mol. The van der Waals surface area contributed by atoms with Crippen molar-refractivity contribution in [1.29, 1.82) is 0 Å². The van der Waals surface area contributed by atoms with E-state index >= 15 is 0 Å². The van der Waals surface area contributed by atoms with Gasteiger partial charge in [0.1, 0.15) is 5.75 Å². The number of nitrogens with one attached hydrogen (secondary N) is 2. The number of hydrazone groups is 1. The summed E-state index contributed by atoms with van der Waals surface area (Å²) in [5.74, 6) is -0.159. The van der Waals surface area contributed by atoms with Crippen LogP contribution in [0.4, 0.5) is 0 Å². The number of ether oxygens (including phenoxy) is 1. The summed E-state index contributed by atoms with van der Waals surface area (Å²) in [4.78, 5) is 25.2. The van der Waals surface area contributed by atoms with Gasteiger partial charge in [-0.1, -0.05) is 41.4 Å². The fraction of sp³-hybridized carbons (Fsp3) is 0.190. The lowest BCUT2D eigenvalue weighted by atomic mass is 10.2. The summed E-state index contributed by atoms with van der Waals surface area (Å²) in [5.41, 5.74) is 4.26. The van der Waals surface area contributed by atoms with Crippen molar-refractivity contribution in [3.8, 4) is 11.4 Å². The first kappa shape index (κ1) is 21.7. The second-order valence-electron chi connectivity index (χ2n) is 6.60. The second kappa shape index (κ2) is 9.19. The van der Waals surface area contributed by atoms with Gasteiger partial charge in [-0.15, -0.1) is 0 Å². The van der Waals surface area contributed by atoms with E-state index in [0.717, 1.165) is 0 Å². The minimum atomic E-state index is -0.867. The lowest BCUT2D eigenvalue weighted by Crippen LogP contribution is -2.34. The van der Waals surface area contributed by atoms with Crippen LogP contribution in [0.2, 0.25) is 10.0 Å². The fourth-order valence-corrected chi connectivity index (χ4v) is 3.29. The molecule has 0 radical (unpaired) electrons. The molecule has 0 bridgehead atoms. The molecule has 156 valence electrons. The van der Waals surface area contributed by atoms with Crippen LogP contribution in [0.25, 0.3) is 5.69 Å². The maximum Gasteiger partial charge on any atom is 0.280 e. The maximum atomic E-state index is 12.8. The van der Waals surface area contributed by atoms with Gasteiger partial charge in [0, 0.05) is 10.7 Å². The van der Waals surface area contributed by atoms with Gasteiger partial charge in [-0.3, -0.25) is 14.7 Å². The predicted octanol–water partition coefficient (Wildman–Crippen LogP) is 4.09. The number of aryl methyl sites for hydroxylation is 1. The second-order valence-corrected chi connectivity index (χ2v) is 7.44. The van der Waals surface area contributed by atoms with Gasteiger partial charge in [0.15, 0.2) is 6.10 Å². The van der Waals surface area contributed by atoms with Crippen molar-refractivity contribution >= 4 is 34.8 Å². The minimum Gasteiger partial charge on any atom is -0.479 e. The number of carbonyl (C=O) groups excluding carboxylic acids is 1. The summed E-state index contributed by atoms with van der Waals surface area (Å²) in [5, 5.41) is 7.86. The van der Waals surface area contributed by atoms with Gasteiger partial charge in [0.2, 0.25) is 0 Å². The number of benzene rings is 2. The Balaban J connectivity index is 1.74. The molecule has 2 N–H and O–H groups in total. The van der Waals surface area contributed by atoms with Gasteiger partial charge in [-0.05, 0) is 51.1 Å². The smallest absolute Gasteiger partial charge is 0.280 e. The number of aromatic nitrogens is 2. The highest BCUT2D eigenvalue weighted by atomic mass is 35.5. The van der Waals surface area contributed by atoms with E-state index in [-0.39, 0.29) is 5.56 Å². The predicted molar refractivity (Wildman–Crippen MR) is 118 cm³/mol. The molecule has 0 fully saturated rings. The zero-order chi connectivity index (χ0) is 21.8. The molecule has 1 atom stereocenters. The molecule has 7 nitrogen and oxygen atoms in total. The molecule has 1 heterocycles. The average Bonchev–Trinajstić information content (AvgIpc) is 3.02. The zero-order valence-corrected chi connectivity index (χ0v) is 18.1. The molecule has 30 heavy (non-hydrogen) atoms. The first-order valence-corrected chi connectivity index (χ1v) is 9.86. The van der Waals surface area contributed by atoms with Crippen LogP contribution in [0.3, 0.4) is 0 Å². The van der Waals surface area contributed by atoms with E-state index in [0.29, 0.717) is 38.5 Å². The molecule has 0 spiro atoms. The highest BCUT2D eigenvalue weighted by Crippen LogP contribution is 2.28. The number of rotatable bonds is 6. The first-order valence-electron chi connectivity index (χ1n) is 9.11. The number of carbonyl (C=O) groups is 1. The number of para-hydroxylation sites is 1. The number of H-pyrrole nitrogens is 1. The van der Waals surface area contributed by atoms with Crippen LogP contribution in [0.5, 0.6) is 5.75 Å². The van der Waals surface area contributed by atoms with Gasteiger partial charge in [0.25, 0.3) is 11.5 Å². The zero-order valence-electron chi connectivity index (χ0n) is 16.6. The first-order chi connectivity index (χ1) is 14.3. The number of aromatic amines is 1. The third-order valence-corrected chi connectivity index (χ3v) is 4.88. The maximum absolute atomic E-state index is 12.8. The van der Waals surface area contributed by atoms with E-state index in [1.807, 2.05) is 30.3 Å². The van der Waals surface area contributed by atoms with Gasteiger partial charge >= 0.3 is 0 Å². The Hall–Kier alpha value is -3.03. The van der Waals surface area contributed by atoms with Crippen LogP contribution in [0.15, 0.2) is 58.4 Å². The van der Waals surface area contributed by atoms with Gasteiger partial charge < -0.3 is 4.74 Å². The lowest BCUT2D eigenvalue weighted by molar-refractivity contribution is -0.127. The van der Waals surface area contributed by atoms with Crippen molar-refractivity contribution in [3.05, 3.63) is 80.2 Å². The Morgan fingerprint density at radius 2 is 1.90 bits per heavy atom. The quantitative estimate of drug-likeness (QED) is 0.441. The Bertz CT molecular complexity index is 1150. The monoisotopic (exact) mass is 446 g/mol. The molecule has 3 aromatic rings. The summed E-state index contributed by atoms with van der Waals surface area (Å²) in [7, 11) is 0. The molecule has 2 aromatic carbocycles. The molecule has 9 heteroatoms. The van der Waals surface area contributed by atoms with E-state index in [2.05, 4.69) is 15.6 Å². The standard InChI is InChI=1S/C21H20Cl2N4O3/c1-12(19-13(2)26-27(21(19)29)16-7-5-4-6-8-16)24-25-20(28)14(3)30-18-10-9-15(22)11-17(18)23/h4-11,14,26H,1-3H3,(H,25,28)/b24-12+/t14-/m1/s1. The number of hydrogen-bond acceptors (Lipinski definition) is 4. The number of amides is 1. The molecule has 0 aliphatic heterocycles. The molecule has 1 aromatic heterocycles. The molecule has 0 aliphatic carbocycles. The van der Waals surface area contributed by atoms with Gasteiger partial charge in [0.05, 0.1) is 22.0 Å². The van der Waals surface area contributed by atoms with Crippen LogP contribution in [0, 0.1) is 6.92 Å². The van der Waals surface area contributed by atoms with Crippen LogP contribution >= 0.6 is 23.2 Å². The van der Waals surface area contributed by atoms with E-state index in [1.165, 1.54) is 10.7 Å². The minimum absolute atomic E-state index is 0.258. The summed E-state index contributed by atoms with van der Waals surface area (Å²) >= 11 is 11.9. The lowest BCUT2D eigenvalue weighted by Gasteiger charge is -2.14. The Kier molecular flexibility index (Phi) is 6.64. The molecule has 0 unspecified atom stereocenters. The number of hydrogen-bond donors (Lipinski definition) is 2. The van der Waals surface area contributed by atoms with Crippen LogP contribution in [0.1, 0.15) is 25.1 Å². The highest BCUT2D eigenvalue weighted by Gasteiger charge is 2.18. The average molecular weight is 447 g/mol. The van der Waals surface area contributed by atoms with Crippen LogP contribution in [-0.2, 0) is 4.79 Å². The number of nitrogens with zero attached hydrogens (tertiary/aromatic N) is 2. The van der Waals surface area contributed by atoms with Crippen molar-refractivity contribution < 1.29 is 9.53 Å². The van der Waals surface area contributed by atoms with Crippen LogP contribution in [-0.4, -0.2) is 27.5 Å². The molecule has 0 saturated heterocycles. The highest BCUT2D eigenvalue weighted by molar-refractivity contribution is 6.35. The molecule has 3 rings (SSSR count). The van der Waals surface area contributed by atoms with Crippen molar-refractivity contribution in [2.24, 2.45) is 5.10 Å². The van der Waals surface area contributed by atoms with E-state index in [1.54, 1.807) is 32.9 Å². The molecular formula is C21H20Cl2N4O3. The largest absolute Gasteiger partial charge is 0.479 e. The Labute approximate surface area is 183 Å². The normalized spacial score (nSPS) is 12.5. The van der Waals surface area contributed by atoms with Gasteiger partial charge in [-0.2, -0.15) is 5.10 Å².